The first-order valence-electron chi connectivity index (χ1n) is 9.77. The summed E-state index contributed by atoms with van der Waals surface area (Å²) < 4.78 is 5.23. The summed E-state index contributed by atoms with van der Waals surface area (Å²) in [6.07, 6.45) is 1.88. The average molecular weight is 416 g/mol. The Morgan fingerprint density at radius 3 is 2.59 bits per heavy atom. The quantitative estimate of drug-likeness (QED) is 0.801. The number of methoxy groups -OCH3 is 1. The lowest BCUT2D eigenvalue weighted by molar-refractivity contribution is -0.131. The second-order valence-corrected chi connectivity index (χ2v) is 7.45. The third-order valence-electron chi connectivity index (χ3n) is 4.97. The zero-order valence-electron chi connectivity index (χ0n) is 16.6. The molecule has 0 saturated carbocycles. The largest absolute Gasteiger partial charge is 0.497 e. The molecule has 3 amide bonds. The number of urea groups is 1. The van der Waals surface area contributed by atoms with Crippen LogP contribution >= 0.6 is 11.6 Å². The van der Waals surface area contributed by atoms with Crippen LogP contribution in [0.3, 0.4) is 0 Å². The molecule has 0 aliphatic carbocycles. The molecule has 1 aliphatic heterocycles. The molecule has 0 unspecified atom stereocenters. The summed E-state index contributed by atoms with van der Waals surface area (Å²) in [5.74, 6) is 0.913. The predicted octanol–water partition coefficient (Wildman–Crippen LogP) is 4.05. The maximum Gasteiger partial charge on any atom is 0.321 e. The van der Waals surface area contributed by atoms with Gasteiger partial charge in [-0.1, -0.05) is 29.8 Å². The summed E-state index contributed by atoms with van der Waals surface area (Å²) in [4.78, 5) is 28.8. The molecule has 1 aliphatic rings. The highest BCUT2D eigenvalue weighted by Crippen LogP contribution is 2.17. The summed E-state index contributed by atoms with van der Waals surface area (Å²) >= 11 is 5.97. The van der Waals surface area contributed by atoms with Crippen LogP contribution < -0.4 is 10.1 Å². The fourth-order valence-electron chi connectivity index (χ4n) is 3.38. The minimum atomic E-state index is -0.169. The van der Waals surface area contributed by atoms with Crippen LogP contribution in [0, 0.1) is 0 Å². The summed E-state index contributed by atoms with van der Waals surface area (Å²) in [5.41, 5.74) is 1.74. The van der Waals surface area contributed by atoms with Crippen molar-refractivity contribution in [2.75, 3.05) is 38.6 Å². The standard InChI is InChI=1S/C22H26ClN3O3/c1-29-20-8-2-5-17(15-20)9-10-21(27)25-11-4-12-26(14-13-25)22(28)24-19-7-3-6-18(23)16-19/h2-3,5-8,15-16H,4,9-14H2,1H3,(H,24,28). The van der Waals surface area contributed by atoms with Gasteiger partial charge < -0.3 is 19.9 Å². The summed E-state index contributed by atoms with van der Waals surface area (Å²) in [7, 11) is 1.63. The van der Waals surface area contributed by atoms with Crippen molar-refractivity contribution in [3.05, 3.63) is 59.1 Å². The minimum absolute atomic E-state index is 0.116. The van der Waals surface area contributed by atoms with Gasteiger partial charge in [-0.2, -0.15) is 0 Å². The highest BCUT2D eigenvalue weighted by molar-refractivity contribution is 6.30. The molecule has 154 valence electrons. The van der Waals surface area contributed by atoms with Crippen LogP contribution in [0.15, 0.2) is 48.5 Å². The van der Waals surface area contributed by atoms with Crippen LogP contribution in [0.25, 0.3) is 0 Å². The van der Waals surface area contributed by atoms with Crippen molar-refractivity contribution < 1.29 is 14.3 Å². The molecule has 0 spiro atoms. The molecule has 2 aromatic carbocycles. The van der Waals surface area contributed by atoms with Gasteiger partial charge in [0.1, 0.15) is 5.75 Å². The lowest BCUT2D eigenvalue weighted by Gasteiger charge is -2.22. The Hall–Kier alpha value is -2.73. The molecule has 6 nitrogen and oxygen atoms in total. The third-order valence-corrected chi connectivity index (χ3v) is 5.21. The zero-order chi connectivity index (χ0) is 20.6. The first-order valence-corrected chi connectivity index (χ1v) is 10.1. The van der Waals surface area contributed by atoms with Crippen LogP contribution in [-0.2, 0) is 11.2 Å². The van der Waals surface area contributed by atoms with Gasteiger partial charge >= 0.3 is 6.03 Å². The van der Waals surface area contributed by atoms with Crippen molar-refractivity contribution in [3.63, 3.8) is 0 Å². The Bertz CT molecular complexity index is 859. The van der Waals surface area contributed by atoms with Crippen LogP contribution in [-0.4, -0.2) is 55.0 Å². The van der Waals surface area contributed by atoms with Crippen molar-refractivity contribution in [2.45, 2.75) is 19.3 Å². The maximum absolute atomic E-state index is 12.6. The van der Waals surface area contributed by atoms with E-state index in [-0.39, 0.29) is 11.9 Å². The SMILES string of the molecule is COc1cccc(CCC(=O)N2CCCN(C(=O)Nc3cccc(Cl)c3)CC2)c1. The van der Waals surface area contributed by atoms with Crippen LogP contribution in [0.4, 0.5) is 10.5 Å². The molecule has 0 radical (unpaired) electrons. The van der Waals surface area contributed by atoms with Crippen LogP contribution in [0.1, 0.15) is 18.4 Å². The fourth-order valence-corrected chi connectivity index (χ4v) is 3.57. The Morgan fingerprint density at radius 1 is 1.03 bits per heavy atom. The molecule has 1 saturated heterocycles. The van der Waals surface area contributed by atoms with Gasteiger partial charge in [-0.3, -0.25) is 4.79 Å². The Labute approximate surface area is 176 Å². The summed E-state index contributed by atoms with van der Waals surface area (Å²) in [6.45, 7) is 2.33. The number of hydrogen-bond donors (Lipinski definition) is 1. The van der Waals surface area contributed by atoms with E-state index in [4.69, 9.17) is 16.3 Å². The minimum Gasteiger partial charge on any atom is -0.497 e. The Balaban J connectivity index is 1.49. The molecule has 0 bridgehead atoms. The van der Waals surface area contributed by atoms with Gasteiger partial charge in [0.25, 0.3) is 0 Å². The second-order valence-electron chi connectivity index (χ2n) is 7.01. The van der Waals surface area contributed by atoms with E-state index in [1.807, 2.05) is 29.2 Å². The van der Waals surface area contributed by atoms with Gasteiger partial charge in [0.15, 0.2) is 0 Å². The highest BCUT2D eigenvalue weighted by atomic mass is 35.5. The number of aryl methyl sites for hydroxylation is 1. The number of nitrogens with one attached hydrogen (secondary N) is 1. The molecule has 7 heteroatoms. The number of anilines is 1. The van der Waals surface area contributed by atoms with Crippen LogP contribution in [0.2, 0.25) is 5.02 Å². The second kappa shape index (κ2) is 10.2. The Kier molecular flexibility index (Phi) is 7.36. The number of rotatable bonds is 5. The monoisotopic (exact) mass is 415 g/mol. The zero-order valence-corrected chi connectivity index (χ0v) is 17.3. The number of nitrogens with zero attached hydrogens (tertiary/aromatic N) is 2. The summed E-state index contributed by atoms with van der Waals surface area (Å²) in [5, 5.41) is 3.44. The van der Waals surface area contributed by atoms with E-state index in [9.17, 15) is 9.59 Å². The predicted molar refractivity (Wildman–Crippen MR) is 115 cm³/mol. The van der Waals surface area contributed by atoms with Crippen molar-refractivity contribution >= 4 is 29.2 Å². The van der Waals surface area contributed by atoms with E-state index in [1.165, 1.54) is 0 Å². The average Bonchev–Trinajstić information content (AvgIpc) is 2.98. The maximum atomic E-state index is 12.6. The van der Waals surface area contributed by atoms with Gasteiger partial charge in [0.05, 0.1) is 7.11 Å². The number of hydrogen-bond acceptors (Lipinski definition) is 3. The van der Waals surface area contributed by atoms with E-state index in [1.54, 1.807) is 36.3 Å². The topological polar surface area (TPSA) is 61.9 Å². The number of carbonyl (C=O) groups excluding carboxylic acids is 2. The lowest BCUT2D eigenvalue weighted by atomic mass is 10.1. The van der Waals surface area contributed by atoms with Crippen LogP contribution in [0.5, 0.6) is 5.75 Å². The van der Waals surface area contributed by atoms with Crippen molar-refractivity contribution in [1.29, 1.82) is 0 Å². The molecular formula is C22H26ClN3O3. The Morgan fingerprint density at radius 2 is 1.79 bits per heavy atom. The molecule has 0 aromatic heterocycles. The molecule has 0 atom stereocenters. The number of carbonyl (C=O) groups is 2. The van der Waals surface area contributed by atoms with Gasteiger partial charge in [0, 0.05) is 43.3 Å². The number of halogens is 1. The first kappa shape index (κ1) is 21.0. The van der Waals surface area contributed by atoms with E-state index < -0.39 is 0 Å². The van der Waals surface area contributed by atoms with Gasteiger partial charge in [0.2, 0.25) is 5.91 Å². The molecule has 29 heavy (non-hydrogen) atoms. The van der Waals surface area contributed by atoms with E-state index in [0.717, 1.165) is 17.7 Å². The number of amides is 3. The smallest absolute Gasteiger partial charge is 0.321 e. The van der Waals surface area contributed by atoms with E-state index in [2.05, 4.69) is 5.32 Å². The normalized spacial score (nSPS) is 14.3. The molecular weight excluding hydrogens is 390 g/mol. The highest BCUT2D eigenvalue weighted by Gasteiger charge is 2.22. The molecule has 2 aromatic rings. The third kappa shape index (κ3) is 6.12. The van der Waals surface area contributed by atoms with Crippen molar-refractivity contribution in [3.8, 4) is 5.75 Å². The number of benzene rings is 2. The molecule has 1 heterocycles. The first-order chi connectivity index (χ1) is 14.0. The van der Waals surface area contributed by atoms with Gasteiger partial charge in [-0.25, -0.2) is 4.79 Å². The van der Waals surface area contributed by atoms with E-state index >= 15 is 0 Å². The molecule has 1 fully saturated rings. The van der Waals surface area contributed by atoms with Crippen molar-refractivity contribution in [2.24, 2.45) is 0 Å². The number of ether oxygens (including phenoxy) is 1. The lowest BCUT2D eigenvalue weighted by Crippen LogP contribution is -2.39. The van der Waals surface area contributed by atoms with Gasteiger partial charge in [-0.15, -0.1) is 0 Å². The van der Waals surface area contributed by atoms with Crippen molar-refractivity contribution in [1.82, 2.24) is 9.80 Å². The summed E-state index contributed by atoms with van der Waals surface area (Å²) in [6, 6.07) is 14.7. The fraction of sp³-hybridized carbons (Fsp3) is 0.364. The molecule has 1 N–H and O–H groups in total. The molecule has 3 rings (SSSR count). The van der Waals surface area contributed by atoms with Gasteiger partial charge in [-0.05, 0) is 48.7 Å². The van der Waals surface area contributed by atoms with E-state index in [0.29, 0.717) is 49.7 Å².